The zero-order valence-corrected chi connectivity index (χ0v) is 13.7. The van der Waals surface area contributed by atoms with Gasteiger partial charge in [0, 0.05) is 10.7 Å². The summed E-state index contributed by atoms with van der Waals surface area (Å²) in [5.41, 5.74) is 1.28. The molecule has 0 heterocycles. The Labute approximate surface area is 125 Å². The predicted molar refractivity (Wildman–Crippen MR) is 81.0 cm³/mol. The Morgan fingerprint density at radius 3 is 2.05 bits per heavy atom. The Morgan fingerprint density at radius 1 is 1.10 bits per heavy atom. The Bertz CT molecular complexity index is 564. The van der Waals surface area contributed by atoms with Gasteiger partial charge in [-0.3, -0.25) is 0 Å². The molecule has 1 aliphatic carbocycles. The molecule has 20 heavy (non-hydrogen) atoms. The van der Waals surface area contributed by atoms with Crippen LogP contribution in [0, 0.1) is 19.8 Å². The summed E-state index contributed by atoms with van der Waals surface area (Å²) in [4.78, 5) is 0.198. The smallest absolute Gasteiger partial charge is 0.261 e. The lowest BCUT2D eigenvalue weighted by Gasteiger charge is -2.27. The number of hydrogen-bond acceptors (Lipinski definition) is 3. The van der Waals surface area contributed by atoms with Crippen molar-refractivity contribution in [3.63, 3.8) is 0 Å². The summed E-state index contributed by atoms with van der Waals surface area (Å²) in [6, 6.07) is 3.53. The minimum atomic E-state index is -3.70. The van der Waals surface area contributed by atoms with Gasteiger partial charge in [0.1, 0.15) is 5.75 Å². The molecule has 0 aliphatic heterocycles. The third kappa shape index (κ3) is 3.67. The van der Waals surface area contributed by atoms with E-state index < -0.39 is 9.05 Å². The molecule has 5 heteroatoms. The van der Waals surface area contributed by atoms with Crippen LogP contribution in [0.4, 0.5) is 0 Å². The lowest BCUT2D eigenvalue weighted by molar-refractivity contribution is 0.135. The van der Waals surface area contributed by atoms with E-state index in [4.69, 9.17) is 15.4 Å². The highest BCUT2D eigenvalue weighted by molar-refractivity contribution is 8.13. The number of ether oxygens (including phenoxy) is 1. The van der Waals surface area contributed by atoms with E-state index in [1.165, 1.54) is 12.8 Å². The van der Waals surface area contributed by atoms with E-state index in [-0.39, 0.29) is 11.0 Å². The van der Waals surface area contributed by atoms with Crippen LogP contribution < -0.4 is 4.74 Å². The van der Waals surface area contributed by atoms with E-state index in [0.29, 0.717) is 11.1 Å². The molecule has 0 saturated heterocycles. The number of hydrogen-bond donors (Lipinski definition) is 0. The molecule has 112 valence electrons. The van der Waals surface area contributed by atoms with Crippen LogP contribution in [0.25, 0.3) is 0 Å². The molecular formula is C15H21ClO3S. The van der Waals surface area contributed by atoms with Gasteiger partial charge in [0.15, 0.2) is 0 Å². The Morgan fingerprint density at radius 2 is 1.60 bits per heavy atom. The van der Waals surface area contributed by atoms with Crippen LogP contribution >= 0.6 is 10.7 Å². The fraction of sp³-hybridized carbons (Fsp3) is 0.600. The van der Waals surface area contributed by atoms with Crippen LogP contribution in [0.15, 0.2) is 17.0 Å². The molecule has 0 amide bonds. The first-order chi connectivity index (χ1) is 9.27. The van der Waals surface area contributed by atoms with Crippen LogP contribution in [0.5, 0.6) is 5.75 Å². The third-order valence-corrected chi connectivity index (χ3v) is 5.54. The zero-order chi connectivity index (χ0) is 14.9. The maximum Gasteiger partial charge on any atom is 0.261 e. The molecule has 0 aromatic heterocycles. The second kappa shape index (κ2) is 5.94. The average molecular weight is 317 g/mol. The van der Waals surface area contributed by atoms with Crippen LogP contribution in [0.1, 0.15) is 43.7 Å². The van der Waals surface area contributed by atoms with E-state index >= 15 is 0 Å². The summed E-state index contributed by atoms with van der Waals surface area (Å²) in [6.45, 7) is 5.76. The summed E-state index contributed by atoms with van der Waals surface area (Å²) >= 11 is 0. The summed E-state index contributed by atoms with van der Waals surface area (Å²) in [5.74, 6) is 1.52. The molecule has 0 radical (unpaired) electrons. The van der Waals surface area contributed by atoms with Crippen LogP contribution in [0.3, 0.4) is 0 Å². The van der Waals surface area contributed by atoms with Crippen molar-refractivity contribution in [1.29, 1.82) is 0 Å². The Kier molecular flexibility index (Phi) is 4.65. The largest absolute Gasteiger partial charge is 0.490 e. The molecule has 3 nitrogen and oxygen atoms in total. The highest BCUT2D eigenvalue weighted by Crippen LogP contribution is 2.31. The first-order valence-electron chi connectivity index (χ1n) is 7.00. The van der Waals surface area contributed by atoms with Gasteiger partial charge in [-0.15, -0.1) is 0 Å². The molecule has 1 aromatic carbocycles. The molecule has 1 aromatic rings. The fourth-order valence-corrected chi connectivity index (χ4v) is 4.52. The van der Waals surface area contributed by atoms with Gasteiger partial charge in [-0.1, -0.05) is 6.92 Å². The summed E-state index contributed by atoms with van der Waals surface area (Å²) < 4.78 is 29.1. The molecule has 0 atom stereocenters. The molecule has 1 saturated carbocycles. The van der Waals surface area contributed by atoms with Gasteiger partial charge in [-0.2, -0.15) is 0 Å². The number of rotatable bonds is 3. The van der Waals surface area contributed by atoms with E-state index in [9.17, 15) is 8.42 Å². The maximum atomic E-state index is 11.5. The molecular weight excluding hydrogens is 296 g/mol. The molecule has 0 unspecified atom stereocenters. The lowest BCUT2D eigenvalue weighted by Crippen LogP contribution is -2.23. The first-order valence-corrected chi connectivity index (χ1v) is 9.31. The van der Waals surface area contributed by atoms with Crippen LogP contribution in [0.2, 0.25) is 0 Å². The van der Waals surface area contributed by atoms with Crippen molar-refractivity contribution in [1.82, 2.24) is 0 Å². The quantitative estimate of drug-likeness (QED) is 0.785. The number of aryl methyl sites for hydroxylation is 2. The molecule has 0 bridgehead atoms. The number of benzene rings is 1. The van der Waals surface area contributed by atoms with Crippen LogP contribution in [-0.4, -0.2) is 14.5 Å². The fourth-order valence-electron chi connectivity index (χ4n) is 2.90. The Hall–Kier alpha value is -0.740. The van der Waals surface area contributed by atoms with Gasteiger partial charge >= 0.3 is 0 Å². The second-order valence-corrected chi connectivity index (χ2v) is 8.33. The molecule has 0 spiro atoms. The average Bonchev–Trinajstić information content (AvgIpc) is 2.29. The van der Waals surface area contributed by atoms with Crippen molar-refractivity contribution in [2.24, 2.45) is 5.92 Å². The maximum absolute atomic E-state index is 11.5. The van der Waals surface area contributed by atoms with Gasteiger partial charge in [-0.25, -0.2) is 8.42 Å². The van der Waals surface area contributed by atoms with Crippen molar-refractivity contribution in [3.8, 4) is 5.75 Å². The predicted octanol–water partition coefficient (Wildman–Crippen LogP) is 4.19. The van der Waals surface area contributed by atoms with Crippen molar-refractivity contribution in [2.45, 2.75) is 57.5 Å². The lowest BCUT2D eigenvalue weighted by atomic mass is 9.89. The zero-order valence-electron chi connectivity index (χ0n) is 12.1. The monoisotopic (exact) mass is 316 g/mol. The topological polar surface area (TPSA) is 43.4 Å². The highest BCUT2D eigenvalue weighted by Gasteiger charge is 2.21. The van der Waals surface area contributed by atoms with Crippen molar-refractivity contribution in [3.05, 3.63) is 23.3 Å². The van der Waals surface area contributed by atoms with Crippen molar-refractivity contribution < 1.29 is 13.2 Å². The molecule has 2 rings (SSSR count). The minimum Gasteiger partial charge on any atom is -0.490 e. The molecule has 1 aliphatic rings. The van der Waals surface area contributed by atoms with Crippen molar-refractivity contribution in [2.75, 3.05) is 0 Å². The third-order valence-electron chi connectivity index (χ3n) is 3.94. The molecule has 0 N–H and O–H groups in total. The highest BCUT2D eigenvalue weighted by atomic mass is 35.7. The normalized spacial score (nSPS) is 23.6. The van der Waals surface area contributed by atoms with E-state index in [1.54, 1.807) is 26.0 Å². The second-order valence-electron chi connectivity index (χ2n) is 5.82. The summed E-state index contributed by atoms with van der Waals surface area (Å²) in [5, 5.41) is 0. The number of halogens is 1. The van der Waals surface area contributed by atoms with Gasteiger partial charge < -0.3 is 4.74 Å². The van der Waals surface area contributed by atoms with E-state index in [2.05, 4.69) is 6.92 Å². The SMILES string of the molecule is Cc1cc(OC2CCC(C)CC2)cc(C)c1S(=O)(=O)Cl. The van der Waals surface area contributed by atoms with Crippen molar-refractivity contribution >= 4 is 19.7 Å². The summed E-state index contributed by atoms with van der Waals surface area (Å²) in [6.07, 6.45) is 4.75. The van der Waals surface area contributed by atoms with Gasteiger partial charge in [0.25, 0.3) is 9.05 Å². The minimum absolute atomic E-state index is 0.198. The van der Waals surface area contributed by atoms with Gasteiger partial charge in [0.2, 0.25) is 0 Å². The van der Waals surface area contributed by atoms with E-state index in [0.717, 1.165) is 24.5 Å². The van der Waals surface area contributed by atoms with Gasteiger partial charge in [0.05, 0.1) is 11.0 Å². The van der Waals surface area contributed by atoms with Crippen LogP contribution in [-0.2, 0) is 9.05 Å². The van der Waals surface area contributed by atoms with E-state index in [1.807, 2.05) is 0 Å². The summed E-state index contributed by atoms with van der Waals surface area (Å²) in [7, 11) is 1.76. The standard InChI is InChI=1S/C15H21ClO3S/c1-10-4-6-13(7-5-10)19-14-8-11(2)15(12(3)9-14)20(16,17)18/h8-10,13H,4-7H2,1-3H3. The van der Waals surface area contributed by atoms with Gasteiger partial charge in [-0.05, 0) is 68.7 Å². The first kappa shape index (κ1) is 15.6. The Balaban J connectivity index is 2.19. The molecule has 1 fully saturated rings.